The second-order valence-corrected chi connectivity index (χ2v) is 4.22. The second kappa shape index (κ2) is 3.76. The maximum atomic E-state index is 13.6. The van der Waals surface area contributed by atoms with E-state index in [9.17, 15) is 4.39 Å². The standard InChI is InChI=1S/C10H11BrFN/c11-8-3-1-7(2-4-8)10(12)9-5-6-13-9/h1-4,9-10,13H,5-6H2. The van der Waals surface area contributed by atoms with Gasteiger partial charge in [0.15, 0.2) is 0 Å². The van der Waals surface area contributed by atoms with Gasteiger partial charge in [-0.25, -0.2) is 4.39 Å². The van der Waals surface area contributed by atoms with E-state index in [0.29, 0.717) is 0 Å². The zero-order valence-electron chi connectivity index (χ0n) is 7.13. The van der Waals surface area contributed by atoms with Crippen molar-refractivity contribution in [2.75, 3.05) is 6.54 Å². The van der Waals surface area contributed by atoms with Crippen molar-refractivity contribution in [1.29, 1.82) is 0 Å². The summed E-state index contributed by atoms with van der Waals surface area (Å²) in [6.45, 7) is 0.946. The quantitative estimate of drug-likeness (QED) is 0.843. The fraction of sp³-hybridized carbons (Fsp3) is 0.400. The fourth-order valence-electron chi connectivity index (χ4n) is 1.44. The van der Waals surface area contributed by atoms with E-state index in [2.05, 4.69) is 21.2 Å². The highest BCUT2D eigenvalue weighted by molar-refractivity contribution is 9.10. The molecule has 1 aliphatic rings. The summed E-state index contributed by atoms with van der Waals surface area (Å²) in [7, 11) is 0. The molecule has 1 aliphatic heterocycles. The van der Waals surface area contributed by atoms with Gasteiger partial charge < -0.3 is 5.32 Å². The molecule has 2 atom stereocenters. The Labute approximate surface area is 85.5 Å². The van der Waals surface area contributed by atoms with Gasteiger partial charge in [-0.15, -0.1) is 0 Å². The van der Waals surface area contributed by atoms with Crippen LogP contribution in [0.4, 0.5) is 4.39 Å². The summed E-state index contributed by atoms with van der Waals surface area (Å²) in [5, 5.41) is 3.07. The highest BCUT2D eigenvalue weighted by atomic mass is 79.9. The summed E-state index contributed by atoms with van der Waals surface area (Å²) in [4.78, 5) is 0. The average molecular weight is 244 g/mol. The Morgan fingerprint density at radius 1 is 1.38 bits per heavy atom. The molecule has 1 N–H and O–H groups in total. The van der Waals surface area contributed by atoms with E-state index in [1.165, 1.54) is 0 Å². The van der Waals surface area contributed by atoms with Gasteiger partial charge >= 0.3 is 0 Å². The predicted octanol–water partition coefficient (Wildman–Crippen LogP) is 2.82. The number of alkyl halides is 1. The van der Waals surface area contributed by atoms with E-state index in [1.807, 2.05) is 24.3 Å². The van der Waals surface area contributed by atoms with Gasteiger partial charge in [0.25, 0.3) is 0 Å². The summed E-state index contributed by atoms with van der Waals surface area (Å²) in [6, 6.07) is 7.44. The highest BCUT2D eigenvalue weighted by Crippen LogP contribution is 2.27. The fourth-order valence-corrected chi connectivity index (χ4v) is 1.70. The summed E-state index contributed by atoms with van der Waals surface area (Å²) in [5.74, 6) is 0. The van der Waals surface area contributed by atoms with Crippen LogP contribution in [0.5, 0.6) is 0 Å². The van der Waals surface area contributed by atoms with Crippen LogP contribution in [0.25, 0.3) is 0 Å². The van der Waals surface area contributed by atoms with Crippen LogP contribution in [-0.4, -0.2) is 12.6 Å². The molecule has 1 aromatic rings. The smallest absolute Gasteiger partial charge is 0.140 e. The van der Waals surface area contributed by atoms with Gasteiger partial charge in [-0.3, -0.25) is 0 Å². The first-order chi connectivity index (χ1) is 6.27. The Hall–Kier alpha value is -0.410. The van der Waals surface area contributed by atoms with Crippen molar-refractivity contribution in [2.45, 2.75) is 18.6 Å². The number of nitrogens with one attached hydrogen (secondary N) is 1. The van der Waals surface area contributed by atoms with Crippen molar-refractivity contribution in [3.63, 3.8) is 0 Å². The molecule has 70 valence electrons. The molecule has 2 unspecified atom stereocenters. The predicted molar refractivity (Wildman–Crippen MR) is 54.4 cm³/mol. The van der Waals surface area contributed by atoms with Gasteiger partial charge in [-0.05, 0) is 30.7 Å². The van der Waals surface area contributed by atoms with Gasteiger partial charge in [-0.2, -0.15) is 0 Å². The zero-order valence-corrected chi connectivity index (χ0v) is 8.72. The van der Waals surface area contributed by atoms with Crippen molar-refractivity contribution in [3.8, 4) is 0 Å². The Balaban J connectivity index is 2.10. The van der Waals surface area contributed by atoms with Crippen molar-refractivity contribution >= 4 is 15.9 Å². The average Bonchev–Trinajstić information content (AvgIpc) is 2.02. The van der Waals surface area contributed by atoms with Crippen molar-refractivity contribution in [2.24, 2.45) is 0 Å². The molecule has 0 saturated carbocycles. The third-order valence-electron chi connectivity index (χ3n) is 2.40. The summed E-state index contributed by atoms with van der Waals surface area (Å²) < 4.78 is 14.6. The minimum Gasteiger partial charge on any atom is -0.311 e. The largest absolute Gasteiger partial charge is 0.311 e. The molecule has 0 bridgehead atoms. The van der Waals surface area contributed by atoms with Crippen LogP contribution in [0.2, 0.25) is 0 Å². The molecule has 0 aromatic heterocycles. The van der Waals surface area contributed by atoms with Gasteiger partial charge in [-0.1, -0.05) is 28.1 Å². The lowest BCUT2D eigenvalue weighted by atomic mass is 9.96. The lowest BCUT2D eigenvalue weighted by Crippen LogP contribution is -2.45. The SMILES string of the molecule is FC(c1ccc(Br)cc1)C1CCN1. The Morgan fingerprint density at radius 2 is 2.00 bits per heavy atom. The van der Waals surface area contributed by atoms with Gasteiger partial charge in [0.1, 0.15) is 6.17 Å². The van der Waals surface area contributed by atoms with Crippen LogP contribution in [0.15, 0.2) is 28.7 Å². The van der Waals surface area contributed by atoms with E-state index >= 15 is 0 Å². The van der Waals surface area contributed by atoms with Crippen molar-refractivity contribution < 1.29 is 4.39 Å². The van der Waals surface area contributed by atoms with Gasteiger partial charge in [0.2, 0.25) is 0 Å². The molecule has 1 saturated heterocycles. The Kier molecular flexibility index (Phi) is 2.65. The Morgan fingerprint density at radius 3 is 2.46 bits per heavy atom. The van der Waals surface area contributed by atoms with E-state index in [1.54, 1.807) is 0 Å². The molecule has 13 heavy (non-hydrogen) atoms. The zero-order chi connectivity index (χ0) is 9.26. The number of halogens is 2. The first-order valence-corrected chi connectivity index (χ1v) is 5.19. The molecule has 1 aromatic carbocycles. The van der Waals surface area contributed by atoms with Crippen LogP contribution >= 0.6 is 15.9 Å². The summed E-state index contributed by atoms with van der Waals surface area (Å²) in [6.07, 6.45) is 0.0823. The van der Waals surface area contributed by atoms with E-state index in [0.717, 1.165) is 23.0 Å². The molecule has 0 amide bonds. The second-order valence-electron chi connectivity index (χ2n) is 3.30. The minimum absolute atomic E-state index is 0.0289. The Bertz CT molecular complexity index is 281. The molecule has 3 heteroatoms. The third-order valence-corrected chi connectivity index (χ3v) is 2.93. The van der Waals surface area contributed by atoms with Crippen LogP contribution in [-0.2, 0) is 0 Å². The normalized spacial score (nSPS) is 23.7. The first kappa shape index (κ1) is 9.16. The van der Waals surface area contributed by atoms with Crippen LogP contribution in [0.1, 0.15) is 18.2 Å². The molecule has 1 fully saturated rings. The number of hydrogen-bond acceptors (Lipinski definition) is 1. The lowest BCUT2D eigenvalue weighted by Gasteiger charge is -2.30. The number of benzene rings is 1. The minimum atomic E-state index is -0.859. The topological polar surface area (TPSA) is 12.0 Å². The molecule has 0 spiro atoms. The molecular formula is C10H11BrFN. The molecule has 0 radical (unpaired) electrons. The van der Waals surface area contributed by atoms with Crippen LogP contribution < -0.4 is 5.32 Å². The first-order valence-electron chi connectivity index (χ1n) is 4.40. The van der Waals surface area contributed by atoms with Crippen LogP contribution in [0, 0.1) is 0 Å². The monoisotopic (exact) mass is 243 g/mol. The van der Waals surface area contributed by atoms with E-state index in [-0.39, 0.29) is 6.04 Å². The molecule has 1 nitrogen and oxygen atoms in total. The van der Waals surface area contributed by atoms with Crippen molar-refractivity contribution in [1.82, 2.24) is 5.32 Å². The lowest BCUT2D eigenvalue weighted by molar-refractivity contribution is 0.194. The molecule has 1 heterocycles. The van der Waals surface area contributed by atoms with E-state index < -0.39 is 6.17 Å². The highest BCUT2D eigenvalue weighted by Gasteiger charge is 2.27. The molecule has 2 rings (SSSR count). The van der Waals surface area contributed by atoms with Gasteiger partial charge in [0.05, 0.1) is 0 Å². The number of rotatable bonds is 2. The maximum Gasteiger partial charge on any atom is 0.140 e. The molecule has 0 aliphatic carbocycles. The summed E-state index contributed by atoms with van der Waals surface area (Å²) >= 11 is 3.32. The third kappa shape index (κ3) is 1.92. The summed E-state index contributed by atoms with van der Waals surface area (Å²) in [5.41, 5.74) is 0.764. The van der Waals surface area contributed by atoms with E-state index in [4.69, 9.17) is 0 Å². The van der Waals surface area contributed by atoms with Crippen LogP contribution in [0.3, 0.4) is 0 Å². The maximum absolute atomic E-state index is 13.6. The number of hydrogen-bond donors (Lipinski definition) is 1. The van der Waals surface area contributed by atoms with Crippen molar-refractivity contribution in [3.05, 3.63) is 34.3 Å². The van der Waals surface area contributed by atoms with Gasteiger partial charge in [0, 0.05) is 10.5 Å². The molecular weight excluding hydrogens is 233 g/mol.